The van der Waals surface area contributed by atoms with Crippen molar-refractivity contribution >= 4 is 23.2 Å². The van der Waals surface area contributed by atoms with Gasteiger partial charge in [-0.15, -0.1) is 0 Å². The summed E-state index contributed by atoms with van der Waals surface area (Å²) in [7, 11) is 0. The van der Waals surface area contributed by atoms with Crippen molar-refractivity contribution in [2.24, 2.45) is 0 Å². The second-order valence-corrected chi connectivity index (χ2v) is 5.71. The highest BCUT2D eigenvalue weighted by atomic mass is 35.5. The quantitative estimate of drug-likeness (QED) is 0.825. The Morgan fingerprint density at radius 2 is 1.85 bits per heavy atom. The van der Waals surface area contributed by atoms with E-state index in [2.05, 4.69) is 24.4 Å². The molecular weight excluding hydrogens is 270 g/mol. The fourth-order valence-electron chi connectivity index (χ4n) is 2.81. The van der Waals surface area contributed by atoms with Crippen molar-refractivity contribution in [1.29, 1.82) is 0 Å². The van der Waals surface area contributed by atoms with E-state index in [-0.39, 0.29) is 11.8 Å². The minimum atomic E-state index is 0.0340. The highest BCUT2D eigenvalue weighted by Gasteiger charge is 2.28. The Morgan fingerprint density at radius 1 is 1.10 bits per heavy atom. The SMILES string of the molecule is Cc1ccc2c(c1C)NC(=O)C[C@H]2c1ccccc1Cl. The molecule has 1 N–H and O–H groups in total. The summed E-state index contributed by atoms with van der Waals surface area (Å²) in [5, 5.41) is 3.73. The van der Waals surface area contributed by atoms with E-state index in [0.29, 0.717) is 6.42 Å². The molecule has 1 aliphatic rings. The number of carbonyl (C=O) groups excluding carboxylic acids is 1. The molecule has 1 heterocycles. The van der Waals surface area contributed by atoms with Gasteiger partial charge in [-0.2, -0.15) is 0 Å². The van der Waals surface area contributed by atoms with Crippen LogP contribution in [0.5, 0.6) is 0 Å². The Balaban J connectivity index is 2.19. The molecule has 0 saturated heterocycles. The predicted octanol–water partition coefficient (Wildman–Crippen LogP) is 4.43. The van der Waals surface area contributed by atoms with Gasteiger partial charge in [-0.25, -0.2) is 0 Å². The standard InChI is InChI=1S/C17H16ClNO/c1-10-7-8-13-14(12-5-3-4-6-15(12)18)9-16(20)19-17(13)11(10)2/h3-8,14H,9H2,1-2H3,(H,19,20)/t14-/m0/s1. The maximum atomic E-state index is 12.0. The van der Waals surface area contributed by atoms with Gasteiger partial charge in [-0.05, 0) is 42.2 Å². The maximum Gasteiger partial charge on any atom is 0.225 e. The number of halogens is 1. The molecule has 3 rings (SSSR count). The van der Waals surface area contributed by atoms with Crippen LogP contribution in [0.1, 0.15) is 34.6 Å². The van der Waals surface area contributed by atoms with Gasteiger partial charge in [-0.1, -0.05) is 41.9 Å². The lowest BCUT2D eigenvalue weighted by Gasteiger charge is -2.28. The molecule has 20 heavy (non-hydrogen) atoms. The van der Waals surface area contributed by atoms with Crippen molar-refractivity contribution in [1.82, 2.24) is 0 Å². The van der Waals surface area contributed by atoms with E-state index >= 15 is 0 Å². The first-order valence-corrected chi connectivity index (χ1v) is 7.10. The third-order valence-corrected chi connectivity index (χ3v) is 4.42. The van der Waals surface area contributed by atoms with Crippen LogP contribution in [0.2, 0.25) is 5.02 Å². The summed E-state index contributed by atoms with van der Waals surface area (Å²) in [5.74, 6) is 0.0860. The van der Waals surface area contributed by atoms with E-state index in [0.717, 1.165) is 27.4 Å². The van der Waals surface area contributed by atoms with E-state index in [1.54, 1.807) is 0 Å². The topological polar surface area (TPSA) is 29.1 Å². The molecule has 0 radical (unpaired) electrons. The van der Waals surface area contributed by atoms with Crippen molar-refractivity contribution in [3.63, 3.8) is 0 Å². The molecule has 0 aromatic heterocycles. The number of benzene rings is 2. The maximum absolute atomic E-state index is 12.0. The zero-order valence-corrected chi connectivity index (χ0v) is 12.3. The number of nitrogens with one attached hydrogen (secondary N) is 1. The number of amides is 1. The van der Waals surface area contributed by atoms with Crippen LogP contribution in [-0.4, -0.2) is 5.91 Å². The number of hydrogen-bond donors (Lipinski definition) is 1. The molecule has 2 aromatic rings. The largest absolute Gasteiger partial charge is 0.326 e. The van der Waals surface area contributed by atoms with Crippen LogP contribution in [-0.2, 0) is 4.79 Å². The summed E-state index contributed by atoms with van der Waals surface area (Å²) in [4.78, 5) is 12.0. The zero-order chi connectivity index (χ0) is 14.3. The Labute approximate surface area is 123 Å². The van der Waals surface area contributed by atoms with Gasteiger partial charge in [-0.3, -0.25) is 4.79 Å². The van der Waals surface area contributed by atoms with Crippen LogP contribution in [0.25, 0.3) is 0 Å². The van der Waals surface area contributed by atoms with Gasteiger partial charge in [0.25, 0.3) is 0 Å². The number of fused-ring (bicyclic) bond motifs is 1. The first-order valence-electron chi connectivity index (χ1n) is 6.72. The minimum absolute atomic E-state index is 0.0340. The van der Waals surface area contributed by atoms with Crippen LogP contribution < -0.4 is 5.32 Å². The Bertz CT molecular complexity index is 693. The second kappa shape index (κ2) is 4.95. The van der Waals surface area contributed by atoms with Crippen LogP contribution >= 0.6 is 11.6 Å². The van der Waals surface area contributed by atoms with Gasteiger partial charge in [0.15, 0.2) is 0 Å². The van der Waals surface area contributed by atoms with Crippen molar-refractivity contribution < 1.29 is 4.79 Å². The molecule has 3 heteroatoms. The fraction of sp³-hybridized carbons (Fsp3) is 0.235. The summed E-state index contributed by atoms with van der Waals surface area (Å²) in [6.07, 6.45) is 0.444. The van der Waals surface area contributed by atoms with Crippen LogP contribution in [0.3, 0.4) is 0 Å². The molecule has 0 saturated carbocycles. The second-order valence-electron chi connectivity index (χ2n) is 5.30. The third-order valence-electron chi connectivity index (χ3n) is 4.08. The lowest BCUT2D eigenvalue weighted by Crippen LogP contribution is -2.24. The lowest BCUT2D eigenvalue weighted by atomic mass is 9.83. The van der Waals surface area contributed by atoms with Gasteiger partial charge in [0, 0.05) is 23.0 Å². The number of anilines is 1. The minimum Gasteiger partial charge on any atom is -0.326 e. The molecular formula is C17H16ClNO. The van der Waals surface area contributed by atoms with Crippen molar-refractivity contribution in [3.8, 4) is 0 Å². The van der Waals surface area contributed by atoms with Gasteiger partial charge in [0.2, 0.25) is 5.91 Å². The highest BCUT2D eigenvalue weighted by Crippen LogP contribution is 2.41. The average molecular weight is 286 g/mol. The molecule has 0 aliphatic carbocycles. The highest BCUT2D eigenvalue weighted by molar-refractivity contribution is 6.31. The van der Waals surface area contributed by atoms with Gasteiger partial charge in [0.05, 0.1) is 0 Å². The summed E-state index contributed by atoms with van der Waals surface area (Å²) >= 11 is 6.31. The number of carbonyl (C=O) groups is 1. The summed E-state index contributed by atoms with van der Waals surface area (Å²) < 4.78 is 0. The molecule has 2 aromatic carbocycles. The van der Waals surface area contributed by atoms with Crippen molar-refractivity contribution in [2.75, 3.05) is 5.32 Å². The van der Waals surface area contributed by atoms with Crippen LogP contribution in [0, 0.1) is 13.8 Å². The molecule has 102 valence electrons. The van der Waals surface area contributed by atoms with E-state index in [4.69, 9.17) is 11.6 Å². The van der Waals surface area contributed by atoms with Crippen molar-refractivity contribution in [2.45, 2.75) is 26.2 Å². The number of rotatable bonds is 1. The molecule has 1 amide bonds. The van der Waals surface area contributed by atoms with Gasteiger partial charge in [0.1, 0.15) is 0 Å². The molecule has 2 nitrogen and oxygen atoms in total. The van der Waals surface area contributed by atoms with Crippen LogP contribution in [0.4, 0.5) is 5.69 Å². The molecule has 0 spiro atoms. The Kier molecular flexibility index (Phi) is 3.27. The third kappa shape index (κ3) is 2.10. The zero-order valence-electron chi connectivity index (χ0n) is 11.5. The van der Waals surface area contributed by atoms with Crippen molar-refractivity contribution in [3.05, 3.63) is 63.7 Å². The van der Waals surface area contributed by atoms with E-state index in [1.807, 2.05) is 31.2 Å². The first kappa shape index (κ1) is 13.2. The van der Waals surface area contributed by atoms with Gasteiger partial charge < -0.3 is 5.32 Å². The van der Waals surface area contributed by atoms with E-state index in [1.165, 1.54) is 5.56 Å². The number of aryl methyl sites for hydroxylation is 1. The summed E-state index contributed by atoms with van der Waals surface area (Å²) in [6.45, 7) is 4.10. The Morgan fingerprint density at radius 3 is 2.60 bits per heavy atom. The lowest BCUT2D eigenvalue weighted by molar-refractivity contribution is -0.116. The molecule has 1 atom stereocenters. The molecule has 0 unspecified atom stereocenters. The van der Waals surface area contributed by atoms with E-state index in [9.17, 15) is 4.79 Å². The molecule has 0 bridgehead atoms. The fourth-order valence-corrected chi connectivity index (χ4v) is 3.08. The molecule has 0 fully saturated rings. The molecule has 1 aliphatic heterocycles. The van der Waals surface area contributed by atoms with E-state index < -0.39 is 0 Å². The monoisotopic (exact) mass is 285 g/mol. The smallest absolute Gasteiger partial charge is 0.225 e. The predicted molar refractivity (Wildman–Crippen MR) is 82.5 cm³/mol. The summed E-state index contributed by atoms with van der Waals surface area (Å²) in [5.41, 5.74) is 5.44. The van der Waals surface area contributed by atoms with Crippen LogP contribution in [0.15, 0.2) is 36.4 Å². The van der Waals surface area contributed by atoms with Gasteiger partial charge >= 0.3 is 0 Å². The Hall–Kier alpha value is -1.80. The summed E-state index contributed by atoms with van der Waals surface area (Å²) in [6, 6.07) is 12.0. The first-order chi connectivity index (χ1) is 9.58. The normalized spacial score (nSPS) is 17.6. The number of hydrogen-bond acceptors (Lipinski definition) is 1. The average Bonchev–Trinajstić information content (AvgIpc) is 2.43.